The van der Waals surface area contributed by atoms with E-state index in [0.717, 1.165) is 12.1 Å². The molecule has 1 atom stereocenters. The molecule has 2 rings (SSSR count). The minimum absolute atomic E-state index is 0.0517. The molecule has 0 aliphatic carbocycles. The highest BCUT2D eigenvalue weighted by Gasteiger charge is 2.33. The van der Waals surface area contributed by atoms with E-state index in [0.29, 0.717) is 12.2 Å². The van der Waals surface area contributed by atoms with Gasteiger partial charge in [-0.1, -0.05) is 6.92 Å². The fourth-order valence-corrected chi connectivity index (χ4v) is 3.58. The molecule has 1 aliphatic rings. The predicted molar refractivity (Wildman–Crippen MR) is 63.4 cm³/mol. The number of carbonyl (C=O) groups is 1. The van der Waals surface area contributed by atoms with Crippen molar-refractivity contribution in [3.63, 3.8) is 0 Å². The quantitative estimate of drug-likeness (QED) is 0.817. The van der Waals surface area contributed by atoms with Crippen LogP contribution in [-0.4, -0.2) is 36.0 Å². The number of aryl methyl sites for hydroxylation is 1. The zero-order chi connectivity index (χ0) is 12.5. The summed E-state index contributed by atoms with van der Waals surface area (Å²) >= 11 is 0. The fourth-order valence-electron chi connectivity index (χ4n) is 1.84. The molecular formula is C10H15N3O3S. The summed E-state index contributed by atoms with van der Waals surface area (Å²) in [5, 5.41) is 9.34. The average Bonchev–Trinajstić information content (AvgIpc) is 2.84. The Balaban J connectivity index is 1.98. The minimum atomic E-state index is -3.02. The van der Waals surface area contributed by atoms with Crippen LogP contribution in [0.4, 0.5) is 5.82 Å². The van der Waals surface area contributed by atoms with E-state index < -0.39 is 15.8 Å². The van der Waals surface area contributed by atoms with Gasteiger partial charge in [-0.15, -0.1) is 0 Å². The van der Waals surface area contributed by atoms with Crippen LogP contribution in [-0.2, 0) is 21.1 Å². The van der Waals surface area contributed by atoms with Crippen molar-refractivity contribution in [2.45, 2.75) is 19.8 Å². The Kier molecular flexibility index (Phi) is 3.19. The number of aromatic nitrogens is 2. The fraction of sp³-hybridized carbons (Fsp3) is 0.600. The Bertz CT molecular complexity index is 521. The van der Waals surface area contributed by atoms with Crippen molar-refractivity contribution < 1.29 is 13.2 Å². The van der Waals surface area contributed by atoms with Crippen LogP contribution in [0.2, 0.25) is 0 Å². The molecule has 6 nitrogen and oxygen atoms in total. The Hall–Kier alpha value is -1.37. The topological polar surface area (TPSA) is 91.9 Å². The molecule has 0 aromatic carbocycles. The summed E-state index contributed by atoms with van der Waals surface area (Å²) in [6.45, 7) is 1.97. The summed E-state index contributed by atoms with van der Waals surface area (Å²) in [4.78, 5) is 11.8. The molecule has 1 aromatic heterocycles. The number of carbonyl (C=O) groups excluding carboxylic acids is 1. The van der Waals surface area contributed by atoms with E-state index in [-0.39, 0.29) is 17.4 Å². The van der Waals surface area contributed by atoms with Crippen molar-refractivity contribution in [1.29, 1.82) is 0 Å². The number of hydrogen-bond donors (Lipinski definition) is 2. The summed E-state index contributed by atoms with van der Waals surface area (Å²) in [5.41, 5.74) is 0.930. The van der Waals surface area contributed by atoms with Crippen LogP contribution in [0.5, 0.6) is 0 Å². The van der Waals surface area contributed by atoms with E-state index in [1.165, 1.54) is 0 Å². The molecule has 1 saturated heterocycles. The first-order valence-corrected chi connectivity index (χ1v) is 7.38. The molecule has 0 bridgehead atoms. The van der Waals surface area contributed by atoms with Crippen LogP contribution in [0.1, 0.15) is 19.0 Å². The molecular weight excluding hydrogens is 242 g/mol. The largest absolute Gasteiger partial charge is 0.309 e. The van der Waals surface area contributed by atoms with Gasteiger partial charge >= 0.3 is 0 Å². The van der Waals surface area contributed by atoms with Gasteiger partial charge in [0.1, 0.15) is 0 Å². The van der Waals surface area contributed by atoms with E-state index >= 15 is 0 Å². The molecule has 1 aromatic rings. The van der Waals surface area contributed by atoms with Crippen molar-refractivity contribution in [3.05, 3.63) is 11.8 Å². The molecule has 94 valence electrons. The molecule has 2 heterocycles. The zero-order valence-electron chi connectivity index (χ0n) is 9.56. The van der Waals surface area contributed by atoms with Crippen LogP contribution in [0.15, 0.2) is 6.07 Å². The molecule has 0 spiro atoms. The normalized spacial score (nSPS) is 22.5. The van der Waals surface area contributed by atoms with Crippen molar-refractivity contribution in [1.82, 2.24) is 10.2 Å². The number of rotatable bonds is 3. The summed E-state index contributed by atoms with van der Waals surface area (Å²) in [5.74, 6) is -0.200. The first-order chi connectivity index (χ1) is 8.00. The van der Waals surface area contributed by atoms with Gasteiger partial charge in [0.05, 0.1) is 17.4 Å². The number of nitrogens with one attached hydrogen (secondary N) is 2. The SMILES string of the molecule is CCc1cc(NC(=O)C2CCS(=O)(=O)C2)n[nH]1. The van der Waals surface area contributed by atoms with Crippen LogP contribution in [0.25, 0.3) is 0 Å². The number of aromatic amines is 1. The van der Waals surface area contributed by atoms with Crippen LogP contribution in [0.3, 0.4) is 0 Å². The molecule has 1 unspecified atom stereocenters. The lowest BCUT2D eigenvalue weighted by Crippen LogP contribution is -2.23. The van der Waals surface area contributed by atoms with Gasteiger partial charge in [0.25, 0.3) is 0 Å². The standard InChI is InChI=1S/C10H15N3O3S/c1-2-8-5-9(13-12-8)11-10(14)7-3-4-17(15,16)6-7/h5,7H,2-4,6H2,1H3,(H2,11,12,13,14). The van der Waals surface area contributed by atoms with E-state index in [1.54, 1.807) is 6.07 Å². The third-order valence-electron chi connectivity index (χ3n) is 2.87. The van der Waals surface area contributed by atoms with Crippen LogP contribution < -0.4 is 5.32 Å². The van der Waals surface area contributed by atoms with Gasteiger partial charge < -0.3 is 5.32 Å². The molecule has 0 radical (unpaired) electrons. The number of hydrogen-bond acceptors (Lipinski definition) is 4. The molecule has 1 amide bonds. The third-order valence-corrected chi connectivity index (χ3v) is 4.63. The molecule has 0 saturated carbocycles. The summed E-state index contributed by atoms with van der Waals surface area (Å²) in [7, 11) is -3.02. The Labute approximate surface area is 99.7 Å². The van der Waals surface area contributed by atoms with Gasteiger partial charge in [0, 0.05) is 11.8 Å². The van der Waals surface area contributed by atoms with Crippen LogP contribution in [0, 0.1) is 5.92 Å². The highest BCUT2D eigenvalue weighted by molar-refractivity contribution is 7.91. The highest BCUT2D eigenvalue weighted by atomic mass is 32.2. The number of anilines is 1. The van der Waals surface area contributed by atoms with Gasteiger partial charge in [-0.2, -0.15) is 5.10 Å². The number of H-pyrrole nitrogens is 1. The lowest BCUT2D eigenvalue weighted by molar-refractivity contribution is -0.119. The minimum Gasteiger partial charge on any atom is -0.309 e. The number of nitrogens with zero attached hydrogens (tertiary/aromatic N) is 1. The Morgan fingerprint density at radius 3 is 2.94 bits per heavy atom. The second kappa shape index (κ2) is 4.48. The number of amides is 1. The second-order valence-corrected chi connectivity index (χ2v) is 6.45. The molecule has 1 fully saturated rings. The smallest absolute Gasteiger partial charge is 0.229 e. The van der Waals surface area contributed by atoms with E-state index in [2.05, 4.69) is 15.5 Å². The lowest BCUT2D eigenvalue weighted by atomic mass is 10.1. The first-order valence-electron chi connectivity index (χ1n) is 5.56. The van der Waals surface area contributed by atoms with Crippen molar-refractivity contribution in [3.8, 4) is 0 Å². The van der Waals surface area contributed by atoms with E-state index in [4.69, 9.17) is 0 Å². The maximum Gasteiger partial charge on any atom is 0.229 e. The van der Waals surface area contributed by atoms with Gasteiger partial charge in [0.15, 0.2) is 15.7 Å². The molecule has 7 heteroatoms. The summed E-state index contributed by atoms with van der Waals surface area (Å²) in [6, 6.07) is 1.75. The monoisotopic (exact) mass is 257 g/mol. The average molecular weight is 257 g/mol. The predicted octanol–water partition coefficient (Wildman–Crippen LogP) is 0.345. The van der Waals surface area contributed by atoms with Gasteiger partial charge in [-0.25, -0.2) is 8.42 Å². The third kappa shape index (κ3) is 2.85. The van der Waals surface area contributed by atoms with E-state index in [9.17, 15) is 13.2 Å². The summed E-state index contributed by atoms with van der Waals surface area (Å²) < 4.78 is 22.5. The maximum atomic E-state index is 11.8. The Morgan fingerprint density at radius 1 is 1.65 bits per heavy atom. The van der Waals surface area contributed by atoms with Crippen LogP contribution >= 0.6 is 0 Å². The molecule has 17 heavy (non-hydrogen) atoms. The number of sulfone groups is 1. The van der Waals surface area contributed by atoms with Gasteiger partial charge in [-0.05, 0) is 12.8 Å². The molecule has 2 N–H and O–H groups in total. The first kappa shape index (κ1) is 12.1. The molecule has 1 aliphatic heterocycles. The maximum absolute atomic E-state index is 11.8. The van der Waals surface area contributed by atoms with Crippen molar-refractivity contribution in [2.24, 2.45) is 5.92 Å². The second-order valence-electron chi connectivity index (χ2n) is 4.22. The van der Waals surface area contributed by atoms with Gasteiger partial charge in [-0.3, -0.25) is 9.89 Å². The van der Waals surface area contributed by atoms with E-state index in [1.807, 2.05) is 6.92 Å². The Morgan fingerprint density at radius 2 is 2.41 bits per heavy atom. The van der Waals surface area contributed by atoms with Crippen molar-refractivity contribution in [2.75, 3.05) is 16.8 Å². The summed E-state index contributed by atoms with van der Waals surface area (Å²) in [6.07, 6.45) is 1.21. The highest BCUT2D eigenvalue weighted by Crippen LogP contribution is 2.20. The zero-order valence-corrected chi connectivity index (χ0v) is 10.4. The lowest BCUT2D eigenvalue weighted by Gasteiger charge is -2.06. The van der Waals surface area contributed by atoms with Crippen molar-refractivity contribution >= 4 is 21.6 Å². The van der Waals surface area contributed by atoms with Gasteiger partial charge in [0.2, 0.25) is 5.91 Å².